The number of carbonyl (C=O) groups is 2. The third kappa shape index (κ3) is 10.8. The van der Waals surface area contributed by atoms with E-state index in [9.17, 15) is 34.2 Å². The lowest BCUT2D eigenvalue weighted by molar-refractivity contribution is 0.101. The van der Waals surface area contributed by atoms with Crippen LogP contribution >= 0.6 is 0 Å². The Kier molecular flexibility index (Phi) is 5.70. The summed E-state index contributed by atoms with van der Waals surface area (Å²) in [6.07, 6.45) is -3.36. The average molecular weight is 312 g/mol. The predicted molar refractivity (Wildman–Crippen MR) is 49.0 cm³/mol. The Bertz CT molecular complexity index is 465. The molecule has 0 bridgehead atoms. The Morgan fingerprint density at radius 1 is 0.833 bits per heavy atom. The number of carbonyl (C=O) groups excluding carboxylic acids is 2. The van der Waals surface area contributed by atoms with E-state index in [2.05, 4.69) is 9.47 Å². The van der Waals surface area contributed by atoms with E-state index in [0.717, 1.165) is 9.44 Å². The van der Waals surface area contributed by atoms with Crippen LogP contribution in [0.4, 0.5) is 17.4 Å². The van der Waals surface area contributed by atoms with Gasteiger partial charge in [0.1, 0.15) is 13.2 Å². The lowest BCUT2D eigenvalue weighted by Crippen LogP contribution is -2.31. The van der Waals surface area contributed by atoms with Gasteiger partial charge in [-0.15, -0.1) is 0 Å². The zero-order valence-corrected chi connectivity index (χ0v) is 9.89. The lowest BCUT2D eigenvalue weighted by Gasteiger charge is -2.05. The molecule has 2 amide bonds. The molecule has 0 atom stereocenters. The second-order valence-electron chi connectivity index (χ2n) is 2.35. The molecular weight excluding hydrogens is 306 g/mol. The van der Waals surface area contributed by atoms with Crippen LogP contribution in [0.15, 0.2) is 0 Å². The molecule has 0 aliphatic carbocycles. The van der Waals surface area contributed by atoms with Gasteiger partial charge in [-0.1, -0.05) is 7.77 Å². The molecule has 0 fully saturated rings. The Labute approximate surface area is 99.9 Å². The highest BCUT2D eigenvalue weighted by Crippen LogP contribution is 1.89. The Hall–Kier alpha value is -1.70. The van der Waals surface area contributed by atoms with Crippen LogP contribution < -0.4 is 9.44 Å². The van der Waals surface area contributed by atoms with Crippen LogP contribution in [-0.2, 0) is 30.3 Å². The molecule has 14 heteroatoms. The van der Waals surface area contributed by atoms with Gasteiger partial charge >= 0.3 is 33.0 Å². The van der Waals surface area contributed by atoms with Gasteiger partial charge in [-0.25, -0.2) is 9.59 Å². The fraction of sp³-hybridized carbons (Fsp3) is 0.500. The maximum atomic E-state index is 11.8. The van der Waals surface area contributed by atoms with Crippen molar-refractivity contribution in [2.75, 3.05) is 13.2 Å². The fourth-order valence-electron chi connectivity index (χ4n) is 0.527. The van der Waals surface area contributed by atoms with Crippen LogP contribution in [0.1, 0.15) is 0 Å². The quantitative estimate of drug-likeness (QED) is 0.479. The zero-order valence-electron chi connectivity index (χ0n) is 8.25. The molecular formula is C4H6F2N2O8S2. The summed E-state index contributed by atoms with van der Waals surface area (Å²) in [5.74, 6) is 0. The molecule has 0 radical (unpaired) electrons. The average Bonchev–Trinajstić information content (AvgIpc) is 2.06. The summed E-state index contributed by atoms with van der Waals surface area (Å²) in [6, 6.07) is 0. The van der Waals surface area contributed by atoms with Crippen molar-refractivity contribution in [3.8, 4) is 0 Å². The third-order valence-electron chi connectivity index (χ3n) is 0.960. The standard InChI is InChI=1S/C4H6F2N2O8S2/c5-17(11,12)7-3(9)15-1-2-16-4(10)8-18(6,13)14/h1-2H2,(H,7,9)(H,8,10). The minimum absolute atomic E-state index is 0.721. The summed E-state index contributed by atoms with van der Waals surface area (Å²) < 4.78 is 72.6. The highest BCUT2D eigenvalue weighted by Gasteiger charge is 2.15. The van der Waals surface area contributed by atoms with Gasteiger partial charge in [0.2, 0.25) is 0 Å². The number of hydrogen-bond donors (Lipinski definition) is 2. The van der Waals surface area contributed by atoms with Crippen molar-refractivity contribution in [1.29, 1.82) is 0 Å². The molecule has 0 saturated carbocycles. The van der Waals surface area contributed by atoms with E-state index >= 15 is 0 Å². The monoisotopic (exact) mass is 312 g/mol. The minimum Gasteiger partial charge on any atom is -0.445 e. The maximum absolute atomic E-state index is 11.8. The summed E-state index contributed by atoms with van der Waals surface area (Å²) >= 11 is 0. The molecule has 2 N–H and O–H groups in total. The SMILES string of the molecule is O=C(NS(=O)(=O)F)OCCOC(=O)NS(=O)(=O)F. The number of hydrogen-bond acceptors (Lipinski definition) is 8. The summed E-state index contributed by atoms with van der Waals surface area (Å²) in [5, 5.41) is 0. The Morgan fingerprint density at radius 2 is 1.11 bits per heavy atom. The van der Waals surface area contributed by atoms with Crippen molar-refractivity contribution >= 4 is 33.0 Å². The molecule has 18 heavy (non-hydrogen) atoms. The first kappa shape index (κ1) is 16.3. The normalized spacial score (nSPS) is 11.4. The number of ether oxygens (including phenoxy) is 2. The van der Waals surface area contributed by atoms with E-state index in [0.29, 0.717) is 0 Å². The van der Waals surface area contributed by atoms with E-state index in [1.807, 2.05) is 0 Å². The van der Waals surface area contributed by atoms with Crippen LogP contribution in [0.3, 0.4) is 0 Å². The first-order valence-corrected chi connectivity index (χ1v) is 6.54. The van der Waals surface area contributed by atoms with Crippen LogP contribution in [0, 0.1) is 0 Å². The molecule has 0 unspecified atom stereocenters. The number of rotatable bonds is 5. The van der Waals surface area contributed by atoms with Gasteiger partial charge in [0.05, 0.1) is 0 Å². The van der Waals surface area contributed by atoms with Crippen molar-refractivity contribution < 1.29 is 43.7 Å². The molecule has 0 aliphatic heterocycles. The molecule has 10 nitrogen and oxygen atoms in total. The summed E-state index contributed by atoms with van der Waals surface area (Å²) in [7, 11) is -10.5. The zero-order chi connectivity index (χ0) is 14.4. The molecule has 0 aliphatic rings. The van der Waals surface area contributed by atoms with Crippen molar-refractivity contribution in [2.24, 2.45) is 0 Å². The highest BCUT2D eigenvalue weighted by molar-refractivity contribution is 7.85. The van der Waals surface area contributed by atoms with Crippen LogP contribution in [0.2, 0.25) is 0 Å². The van der Waals surface area contributed by atoms with E-state index in [4.69, 9.17) is 0 Å². The molecule has 0 aromatic carbocycles. The smallest absolute Gasteiger partial charge is 0.423 e. The topological polar surface area (TPSA) is 145 Å². The highest BCUT2D eigenvalue weighted by atomic mass is 32.3. The molecule has 0 heterocycles. The van der Waals surface area contributed by atoms with Crippen LogP contribution in [-0.4, -0.2) is 42.2 Å². The van der Waals surface area contributed by atoms with Crippen LogP contribution in [0.5, 0.6) is 0 Å². The van der Waals surface area contributed by atoms with Gasteiger partial charge in [-0.05, 0) is 0 Å². The molecule has 106 valence electrons. The number of amides is 2. The van der Waals surface area contributed by atoms with Crippen molar-refractivity contribution in [2.45, 2.75) is 0 Å². The number of nitrogens with one attached hydrogen (secondary N) is 2. The van der Waals surface area contributed by atoms with Gasteiger partial charge in [-0.2, -0.15) is 26.3 Å². The third-order valence-corrected chi connectivity index (χ3v) is 1.78. The van der Waals surface area contributed by atoms with Gasteiger partial charge in [-0.3, -0.25) is 0 Å². The van der Waals surface area contributed by atoms with Crippen molar-refractivity contribution in [3.63, 3.8) is 0 Å². The molecule has 0 spiro atoms. The molecule has 0 aromatic rings. The van der Waals surface area contributed by atoms with E-state index in [-0.39, 0.29) is 0 Å². The van der Waals surface area contributed by atoms with E-state index in [1.165, 1.54) is 0 Å². The van der Waals surface area contributed by atoms with Crippen molar-refractivity contribution in [3.05, 3.63) is 0 Å². The second-order valence-corrected chi connectivity index (χ2v) is 4.51. The largest absolute Gasteiger partial charge is 0.445 e. The second kappa shape index (κ2) is 6.29. The molecule has 0 rings (SSSR count). The summed E-state index contributed by atoms with van der Waals surface area (Å²) in [4.78, 5) is 20.9. The Balaban J connectivity index is 3.82. The van der Waals surface area contributed by atoms with Crippen molar-refractivity contribution in [1.82, 2.24) is 9.44 Å². The van der Waals surface area contributed by atoms with Gasteiger partial charge in [0.25, 0.3) is 0 Å². The van der Waals surface area contributed by atoms with E-state index < -0.39 is 46.2 Å². The minimum atomic E-state index is -5.27. The maximum Gasteiger partial charge on any atom is 0.423 e. The Morgan fingerprint density at radius 3 is 1.33 bits per heavy atom. The van der Waals surface area contributed by atoms with Gasteiger partial charge in [0.15, 0.2) is 0 Å². The van der Waals surface area contributed by atoms with E-state index in [1.54, 1.807) is 0 Å². The summed E-state index contributed by atoms with van der Waals surface area (Å²) in [5.41, 5.74) is 0. The first-order valence-electron chi connectivity index (χ1n) is 3.78. The molecule has 0 saturated heterocycles. The van der Waals surface area contributed by atoms with Gasteiger partial charge < -0.3 is 9.47 Å². The van der Waals surface area contributed by atoms with Gasteiger partial charge in [0, 0.05) is 0 Å². The molecule has 0 aromatic heterocycles. The fourth-order valence-corrected chi connectivity index (χ4v) is 1.04. The predicted octanol–water partition coefficient (Wildman–Crippen LogP) is -1.13. The first-order chi connectivity index (χ1) is 7.99. The van der Waals surface area contributed by atoms with Crippen LogP contribution in [0.25, 0.3) is 0 Å². The number of halogens is 2. The summed E-state index contributed by atoms with van der Waals surface area (Å²) in [6.45, 7) is -1.44. The lowest BCUT2D eigenvalue weighted by atomic mass is 10.8.